The smallest absolute Gasteiger partial charge is 0.293 e. The van der Waals surface area contributed by atoms with E-state index in [1.807, 2.05) is 0 Å². The van der Waals surface area contributed by atoms with Gasteiger partial charge in [-0.2, -0.15) is 5.26 Å². The van der Waals surface area contributed by atoms with E-state index in [1.54, 1.807) is 24.3 Å². The molecular formula is C16H9Cl3N2O2. The van der Waals surface area contributed by atoms with Crippen molar-refractivity contribution < 1.29 is 9.59 Å². The minimum absolute atomic E-state index is 0.120. The molecule has 0 aromatic heterocycles. The molecule has 0 saturated heterocycles. The molecule has 1 atom stereocenters. The summed E-state index contributed by atoms with van der Waals surface area (Å²) in [5.41, 5.74) is 0.504. The number of carbonyl (C=O) groups is 2. The molecule has 0 spiro atoms. The Labute approximate surface area is 147 Å². The Morgan fingerprint density at radius 2 is 1.57 bits per heavy atom. The Balaban J connectivity index is 2.25. The lowest BCUT2D eigenvalue weighted by Crippen LogP contribution is -2.28. The number of carbonyl (C=O) groups excluding carboxylic acids is 2. The van der Waals surface area contributed by atoms with Gasteiger partial charge in [0.05, 0.1) is 6.07 Å². The van der Waals surface area contributed by atoms with E-state index in [-0.39, 0.29) is 15.6 Å². The summed E-state index contributed by atoms with van der Waals surface area (Å²) < 4.78 is 0. The van der Waals surface area contributed by atoms with Crippen molar-refractivity contribution in [1.82, 2.24) is 0 Å². The zero-order chi connectivity index (χ0) is 17.0. The van der Waals surface area contributed by atoms with Gasteiger partial charge in [0.25, 0.3) is 5.91 Å². The molecule has 0 aliphatic rings. The first-order valence-electron chi connectivity index (χ1n) is 6.38. The summed E-state index contributed by atoms with van der Waals surface area (Å²) >= 11 is 17.7. The van der Waals surface area contributed by atoms with Crippen molar-refractivity contribution in [1.29, 1.82) is 5.26 Å². The average molecular weight is 368 g/mol. The lowest BCUT2D eigenvalue weighted by atomic mass is 9.95. The molecule has 0 aliphatic heterocycles. The number of anilines is 1. The number of ketones is 1. The molecule has 2 aromatic rings. The van der Waals surface area contributed by atoms with Gasteiger partial charge in [-0.1, -0.05) is 40.9 Å². The summed E-state index contributed by atoms with van der Waals surface area (Å²) in [7, 11) is 0. The van der Waals surface area contributed by atoms with E-state index in [2.05, 4.69) is 5.32 Å². The van der Waals surface area contributed by atoms with Crippen LogP contribution in [0.1, 0.15) is 11.5 Å². The Kier molecular flexibility index (Phi) is 5.62. The van der Waals surface area contributed by atoms with Crippen molar-refractivity contribution in [2.45, 2.75) is 5.92 Å². The Morgan fingerprint density at radius 3 is 2.09 bits per heavy atom. The van der Waals surface area contributed by atoms with Crippen molar-refractivity contribution in [3.05, 3.63) is 63.1 Å². The number of nitrogens with zero attached hydrogens (tertiary/aromatic N) is 1. The molecule has 2 aromatic carbocycles. The summed E-state index contributed by atoms with van der Waals surface area (Å²) in [5, 5.41) is 12.5. The summed E-state index contributed by atoms with van der Waals surface area (Å²) in [5.74, 6) is -3.27. The first-order chi connectivity index (χ1) is 10.9. The molecule has 1 amide bonds. The van der Waals surface area contributed by atoms with E-state index in [9.17, 15) is 14.9 Å². The first-order valence-corrected chi connectivity index (χ1v) is 7.51. The molecular weight excluding hydrogens is 359 g/mol. The predicted octanol–water partition coefficient (Wildman–Crippen LogP) is 4.46. The van der Waals surface area contributed by atoms with Gasteiger partial charge < -0.3 is 5.32 Å². The fourth-order valence-corrected chi connectivity index (χ4v) is 2.64. The molecule has 23 heavy (non-hydrogen) atoms. The van der Waals surface area contributed by atoms with E-state index >= 15 is 0 Å². The molecule has 0 saturated carbocycles. The highest BCUT2D eigenvalue weighted by Gasteiger charge is 2.30. The van der Waals surface area contributed by atoms with Gasteiger partial charge >= 0.3 is 0 Å². The molecule has 0 fully saturated rings. The molecule has 0 radical (unpaired) electrons. The lowest BCUT2D eigenvalue weighted by molar-refractivity contribution is -0.135. The molecule has 2 rings (SSSR count). The number of Topliss-reactive ketones (excluding diaryl/α,β-unsaturated/α-hetero) is 1. The Hall–Kier alpha value is -2.06. The zero-order valence-electron chi connectivity index (χ0n) is 11.5. The van der Waals surface area contributed by atoms with E-state index in [0.29, 0.717) is 10.7 Å². The lowest BCUT2D eigenvalue weighted by Gasteiger charge is -2.12. The maximum atomic E-state index is 12.3. The van der Waals surface area contributed by atoms with Gasteiger partial charge in [-0.25, -0.2) is 0 Å². The molecule has 0 unspecified atom stereocenters. The van der Waals surface area contributed by atoms with E-state index in [1.165, 1.54) is 24.3 Å². The second-order valence-corrected chi connectivity index (χ2v) is 5.77. The van der Waals surface area contributed by atoms with Gasteiger partial charge in [0.2, 0.25) is 5.78 Å². The van der Waals surface area contributed by atoms with E-state index in [0.717, 1.165) is 0 Å². The Morgan fingerprint density at radius 1 is 1.00 bits per heavy atom. The fraction of sp³-hybridized carbons (Fsp3) is 0.0625. The van der Waals surface area contributed by atoms with Gasteiger partial charge in [-0.15, -0.1) is 0 Å². The molecule has 1 N–H and O–H groups in total. The third-order valence-electron chi connectivity index (χ3n) is 3.01. The third-order valence-corrected chi connectivity index (χ3v) is 3.92. The first kappa shape index (κ1) is 17.3. The largest absolute Gasteiger partial charge is 0.319 e. The number of nitrogens with one attached hydrogen (secondary N) is 1. The fourth-order valence-electron chi connectivity index (χ4n) is 1.90. The number of rotatable bonds is 4. The van der Waals surface area contributed by atoms with Crippen LogP contribution in [0.5, 0.6) is 0 Å². The SMILES string of the molecule is N#C[C@@H](C(=O)C(=O)Nc1ccc(Cl)cc1)c1c(Cl)cccc1Cl. The second-order valence-electron chi connectivity index (χ2n) is 4.52. The number of halogens is 3. The van der Waals surface area contributed by atoms with Crippen molar-refractivity contribution in [3.63, 3.8) is 0 Å². The average Bonchev–Trinajstić information content (AvgIpc) is 2.52. The molecule has 116 valence electrons. The van der Waals surface area contributed by atoms with Crippen LogP contribution in [-0.2, 0) is 9.59 Å². The number of benzene rings is 2. The van der Waals surface area contributed by atoms with Crippen molar-refractivity contribution in [2.75, 3.05) is 5.32 Å². The standard InChI is InChI=1S/C16H9Cl3N2O2/c17-9-4-6-10(7-5-9)21-16(23)15(22)11(8-20)14-12(18)2-1-3-13(14)19/h1-7,11H,(H,21,23)/t11-/m1/s1. The van der Waals surface area contributed by atoms with Gasteiger partial charge in [0.1, 0.15) is 5.92 Å². The Bertz CT molecular complexity index is 778. The minimum atomic E-state index is -1.39. The van der Waals surface area contributed by atoms with Crippen LogP contribution in [0.3, 0.4) is 0 Å². The second kappa shape index (κ2) is 7.47. The van der Waals surface area contributed by atoms with Gasteiger partial charge in [0.15, 0.2) is 0 Å². The number of amides is 1. The van der Waals surface area contributed by atoms with Crippen LogP contribution in [0.15, 0.2) is 42.5 Å². The minimum Gasteiger partial charge on any atom is -0.319 e. The van der Waals surface area contributed by atoms with Crippen LogP contribution < -0.4 is 5.32 Å². The third kappa shape index (κ3) is 4.02. The maximum absolute atomic E-state index is 12.3. The zero-order valence-corrected chi connectivity index (χ0v) is 13.8. The van der Waals surface area contributed by atoms with Crippen LogP contribution in [0.25, 0.3) is 0 Å². The summed E-state index contributed by atoms with van der Waals surface area (Å²) in [6.45, 7) is 0. The summed E-state index contributed by atoms with van der Waals surface area (Å²) in [6.07, 6.45) is 0. The van der Waals surface area contributed by atoms with Crippen LogP contribution in [-0.4, -0.2) is 11.7 Å². The highest BCUT2D eigenvalue weighted by atomic mass is 35.5. The van der Waals surface area contributed by atoms with E-state index in [4.69, 9.17) is 34.8 Å². The van der Waals surface area contributed by atoms with Crippen LogP contribution in [0.2, 0.25) is 15.1 Å². The van der Waals surface area contributed by atoms with Crippen LogP contribution in [0.4, 0.5) is 5.69 Å². The highest BCUT2D eigenvalue weighted by molar-refractivity contribution is 6.44. The number of hydrogen-bond acceptors (Lipinski definition) is 3. The highest BCUT2D eigenvalue weighted by Crippen LogP contribution is 2.32. The molecule has 0 aliphatic carbocycles. The van der Waals surface area contributed by atoms with Crippen molar-refractivity contribution in [2.24, 2.45) is 0 Å². The maximum Gasteiger partial charge on any atom is 0.293 e. The monoisotopic (exact) mass is 366 g/mol. The summed E-state index contributed by atoms with van der Waals surface area (Å²) in [4.78, 5) is 24.3. The number of nitriles is 1. The molecule has 0 bridgehead atoms. The van der Waals surface area contributed by atoms with Gasteiger partial charge in [-0.3, -0.25) is 9.59 Å². The van der Waals surface area contributed by atoms with Crippen LogP contribution in [0, 0.1) is 11.3 Å². The van der Waals surface area contributed by atoms with E-state index < -0.39 is 17.6 Å². The molecule has 7 heteroatoms. The normalized spacial score (nSPS) is 11.4. The van der Waals surface area contributed by atoms with Crippen LogP contribution >= 0.6 is 34.8 Å². The predicted molar refractivity (Wildman–Crippen MR) is 89.9 cm³/mol. The van der Waals surface area contributed by atoms with Gasteiger partial charge in [0, 0.05) is 26.3 Å². The van der Waals surface area contributed by atoms with Gasteiger partial charge in [-0.05, 0) is 36.4 Å². The topological polar surface area (TPSA) is 70.0 Å². The summed E-state index contributed by atoms with van der Waals surface area (Å²) in [6, 6.07) is 12.6. The number of hydrogen-bond donors (Lipinski definition) is 1. The van der Waals surface area contributed by atoms with Crippen molar-refractivity contribution in [3.8, 4) is 6.07 Å². The quantitative estimate of drug-likeness (QED) is 0.811. The molecule has 0 heterocycles. The molecule has 4 nitrogen and oxygen atoms in total. The van der Waals surface area contributed by atoms with Crippen molar-refractivity contribution >= 4 is 52.2 Å².